The lowest BCUT2D eigenvalue weighted by molar-refractivity contribution is -0.274. The van der Waals surface area contributed by atoms with Crippen molar-refractivity contribution >= 4 is 5.69 Å². The molecule has 0 fully saturated rings. The molecule has 1 aromatic rings. The highest BCUT2D eigenvalue weighted by Crippen LogP contribution is 2.25. The van der Waals surface area contributed by atoms with Crippen molar-refractivity contribution in [1.82, 2.24) is 0 Å². The first-order valence-corrected chi connectivity index (χ1v) is 9.08. The van der Waals surface area contributed by atoms with Crippen molar-refractivity contribution in [1.29, 1.82) is 0 Å². The number of ether oxygens (including phenoxy) is 1. The van der Waals surface area contributed by atoms with Crippen LogP contribution >= 0.6 is 0 Å². The molecule has 5 heteroatoms. The normalized spacial score (nSPS) is 9.48. The summed E-state index contributed by atoms with van der Waals surface area (Å²) in [7, 11) is 1.83. The van der Waals surface area contributed by atoms with E-state index in [0.717, 1.165) is 11.3 Å². The maximum atomic E-state index is 12.0. The predicted octanol–water partition coefficient (Wildman–Crippen LogP) is 8.14. The average molecular weight is 388 g/mol. The summed E-state index contributed by atoms with van der Waals surface area (Å²) < 4.78 is 39.9. The molecule has 0 aliphatic rings. The van der Waals surface area contributed by atoms with Crippen molar-refractivity contribution in [2.24, 2.45) is 0 Å². The smallest absolute Gasteiger partial charge is 0.406 e. The van der Waals surface area contributed by atoms with Crippen LogP contribution in [0.5, 0.6) is 5.75 Å². The average Bonchev–Trinajstić information content (AvgIpc) is 2.62. The van der Waals surface area contributed by atoms with Gasteiger partial charge in [-0.15, -0.1) is 19.8 Å². The van der Waals surface area contributed by atoms with Gasteiger partial charge in [0.2, 0.25) is 0 Å². The van der Waals surface area contributed by atoms with Gasteiger partial charge in [0.1, 0.15) is 5.75 Å². The Labute approximate surface area is 164 Å². The largest absolute Gasteiger partial charge is 0.573 e. The molecule has 0 radical (unpaired) electrons. The van der Waals surface area contributed by atoms with Crippen LogP contribution in [-0.4, -0.2) is 13.4 Å². The van der Waals surface area contributed by atoms with Gasteiger partial charge < -0.3 is 9.64 Å². The molecular formula is C22H36F3NO. The van der Waals surface area contributed by atoms with Gasteiger partial charge in [-0.1, -0.05) is 44.9 Å². The van der Waals surface area contributed by atoms with E-state index in [9.17, 15) is 13.2 Å². The van der Waals surface area contributed by atoms with E-state index in [2.05, 4.69) is 11.3 Å². The minimum Gasteiger partial charge on any atom is -0.406 e. The zero-order chi connectivity index (χ0) is 22.0. The Kier molecular flexibility index (Phi) is 18.9. The minimum atomic E-state index is -4.66. The fourth-order valence-corrected chi connectivity index (χ4v) is 1.36. The van der Waals surface area contributed by atoms with Crippen molar-refractivity contribution in [3.8, 4) is 5.75 Å². The molecule has 1 rings (SSSR count). The van der Waals surface area contributed by atoms with Crippen LogP contribution in [0, 0.1) is 0 Å². The summed E-state index contributed by atoms with van der Waals surface area (Å²) in [4.78, 5) is 1.82. The van der Waals surface area contributed by atoms with Crippen LogP contribution in [0.25, 0.3) is 0 Å². The molecule has 0 saturated heterocycles. The van der Waals surface area contributed by atoms with Gasteiger partial charge >= 0.3 is 6.36 Å². The van der Waals surface area contributed by atoms with Crippen LogP contribution in [0.4, 0.5) is 18.9 Å². The Balaban J connectivity index is -0.000000725. The van der Waals surface area contributed by atoms with Crippen molar-refractivity contribution in [3.63, 3.8) is 0 Å². The van der Waals surface area contributed by atoms with Crippen molar-refractivity contribution in [2.45, 2.75) is 61.8 Å². The Morgan fingerprint density at radius 1 is 1.00 bits per heavy atom. The van der Waals surface area contributed by atoms with E-state index in [0.29, 0.717) is 0 Å². The summed E-state index contributed by atoms with van der Waals surface area (Å²) in [6, 6.07) is 5.73. The molecule has 0 spiro atoms. The van der Waals surface area contributed by atoms with Crippen molar-refractivity contribution < 1.29 is 17.9 Å². The number of hydrogen-bond acceptors (Lipinski definition) is 2. The van der Waals surface area contributed by atoms with Gasteiger partial charge in [0.25, 0.3) is 0 Å². The Morgan fingerprint density at radius 2 is 1.41 bits per heavy atom. The molecule has 0 bridgehead atoms. The summed E-state index contributed by atoms with van der Waals surface area (Å²) in [5.74, 6) is -0.223. The molecule has 27 heavy (non-hydrogen) atoms. The quantitative estimate of drug-likeness (QED) is 0.382. The molecule has 0 atom stereocenters. The number of alkyl halides is 3. The summed E-state index contributed by atoms with van der Waals surface area (Å²) in [6.07, 6.45) is 0.908. The van der Waals surface area contributed by atoms with Gasteiger partial charge in [0, 0.05) is 18.9 Å². The van der Waals surface area contributed by atoms with E-state index < -0.39 is 6.36 Å². The Hall–Kier alpha value is -2.17. The summed E-state index contributed by atoms with van der Waals surface area (Å²) in [6.45, 7) is 19.3. The molecule has 1 aromatic carbocycles. The highest BCUT2D eigenvalue weighted by atomic mass is 19.4. The van der Waals surface area contributed by atoms with E-state index in [4.69, 9.17) is 0 Å². The third-order valence-electron chi connectivity index (χ3n) is 2.81. The second-order valence-electron chi connectivity index (χ2n) is 5.06. The molecule has 0 aliphatic carbocycles. The molecule has 2 nitrogen and oxygen atoms in total. The summed E-state index contributed by atoms with van der Waals surface area (Å²) in [5, 5.41) is 0. The number of allylic oxidation sites excluding steroid dienone is 4. The molecule has 156 valence electrons. The molecule has 0 N–H and O–H groups in total. The molecular weight excluding hydrogens is 351 g/mol. The van der Waals surface area contributed by atoms with E-state index in [1.165, 1.54) is 17.7 Å². The topological polar surface area (TPSA) is 12.5 Å². The monoisotopic (exact) mass is 387 g/mol. The van der Waals surface area contributed by atoms with Crippen LogP contribution in [0.2, 0.25) is 0 Å². The zero-order valence-corrected chi connectivity index (χ0v) is 18.2. The third-order valence-corrected chi connectivity index (χ3v) is 2.81. The van der Waals surface area contributed by atoms with Gasteiger partial charge in [0.05, 0.1) is 0 Å². The number of halogens is 3. The van der Waals surface area contributed by atoms with Crippen LogP contribution in [-0.2, 0) is 0 Å². The number of anilines is 1. The number of nitrogens with zero attached hydrogens (tertiary/aromatic N) is 1. The van der Waals surface area contributed by atoms with E-state index in [1.54, 1.807) is 18.2 Å². The van der Waals surface area contributed by atoms with Gasteiger partial charge in [-0.05, 0) is 58.0 Å². The lowest BCUT2D eigenvalue weighted by atomic mass is 10.2. The molecule has 0 aliphatic heterocycles. The second-order valence-corrected chi connectivity index (χ2v) is 5.06. The standard InChI is InChI=1S/C15H18F3NO.C3H6.2C2H6/c1-11(2)12(3)9-10-19(4)13-5-7-14(8-6-13)20-15(16,17)18;1-3-2;2*1-2/h5-10H,1-4H3;3H,1H2,2H3;2*1-2H3/b10-9-;;;. The zero-order valence-electron chi connectivity index (χ0n) is 18.2. The molecule has 0 unspecified atom stereocenters. The second kappa shape index (κ2) is 17.3. The Morgan fingerprint density at radius 3 is 1.74 bits per heavy atom. The number of rotatable bonds is 4. The van der Waals surface area contributed by atoms with Crippen LogP contribution < -0.4 is 9.64 Å². The van der Waals surface area contributed by atoms with Crippen molar-refractivity contribution in [2.75, 3.05) is 11.9 Å². The lowest BCUT2D eigenvalue weighted by Crippen LogP contribution is -2.17. The Bertz CT molecular complexity index is 540. The first-order valence-electron chi connectivity index (χ1n) is 9.08. The van der Waals surface area contributed by atoms with Crippen LogP contribution in [0.3, 0.4) is 0 Å². The SMILES string of the molecule is C=CC.CC.CC.CC(C)=C(C)/C=C\N(C)c1ccc(OC(F)(F)F)cc1. The maximum Gasteiger partial charge on any atom is 0.573 e. The highest BCUT2D eigenvalue weighted by molar-refractivity contribution is 5.51. The van der Waals surface area contributed by atoms with Gasteiger partial charge in [-0.3, -0.25) is 0 Å². The predicted molar refractivity (Wildman–Crippen MR) is 113 cm³/mol. The first kappa shape index (κ1) is 29.6. The third kappa shape index (κ3) is 17.0. The fourth-order valence-electron chi connectivity index (χ4n) is 1.36. The first-order chi connectivity index (χ1) is 12.6. The van der Waals surface area contributed by atoms with E-state index in [1.807, 2.05) is 79.6 Å². The van der Waals surface area contributed by atoms with Gasteiger partial charge in [-0.2, -0.15) is 0 Å². The number of benzene rings is 1. The number of hydrogen-bond donors (Lipinski definition) is 0. The van der Waals surface area contributed by atoms with E-state index in [-0.39, 0.29) is 5.75 Å². The molecule has 0 saturated carbocycles. The summed E-state index contributed by atoms with van der Waals surface area (Å²) in [5.41, 5.74) is 3.13. The minimum absolute atomic E-state index is 0.223. The molecule has 0 heterocycles. The molecule has 0 aromatic heterocycles. The lowest BCUT2D eigenvalue weighted by Gasteiger charge is -2.15. The fraction of sp³-hybridized carbons (Fsp3) is 0.455. The maximum absolute atomic E-state index is 12.0. The van der Waals surface area contributed by atoms with Gasteiger partial charge in [0.15, 0.2) is 0 Å². The van der Waals surface area contributed by atoms with Crippen LogP contribution in [0.15, 0.2) is 60.3 Å². The van der Waals surface area contributed by atoms with Gasteiger partial charge in [-0.25, -0.2) is 0 Å². The summed E-state index contributed by atoms with van der Waals surface area (Å²) >= 11 is 0. The highest BCUT2D eigenvalue weighted by Gasteiger charge is 2.30. The van der Waals surface area contributed by atoms with Crippen LogP contribution in [0.1, 0.15) is 55.4 Å². The molecule has 0 amide bonds. The van der Waals surface area contributed by atoms with Crippen molar-refractivity contribution in [3.05, 3.63) is 60.3 Å². The van der Waals surface area contributed by atoms with E-state index >= 15 is 0 Å².